The largest absolute Gasteiger partial charge is 0.384 e. The molecule has 1 nitrogen and oxygen atoms in total. The van der Waals surface area contributed by atoms with Gasteiger partial charge in [0.15, 0.2) is 0 Å². The predicted molar refractivity (Wildman–Crippen MR) is 91.6 cm³/mol. The fourth-order valence-corrected chi connectivity index (χ4v) is 2.94. The monoisotopic (exact) mass is 340 g/mol. The Morgan fingerprint density at radius 3 is 2.10 bits per heavy atom. The summed E-state index contributed by atoms with van der Waals surface area (Å²) in [5.41, 5.74) is 4.15. The van der Waals surface area contributed by atoms with Gasteiger partial charge in [-0.2, -0.15) is 0 Å². The van der Waals surface area contributed by atoms with Crippen molar-refractivity contribution < 1.29 is 5.11 Å². The summed E-state index contributed by atoms with van der Waals surface area (Å²) in [6.45, 7) is 4.10. The Kier molecular flexibility index (Phi) is 3.83. The summed E-state index contributed by atoms with van der Waals surface area (Å²) < 4.78 is 1.11. The van der Waals surface area contributed by atoms with Crippen LogP contribution in [0.25, 0.3) is 10.8 Å². The van der Waals surface area contributed by atoms with Crippen LogP contribution in [0.3, 0.4) is 0 Å². The minimum atomic E-state index is -0.597. The predicted octanol–water partition coefficient (Wildman–Crippen LogP) is 5.30. The molecule has 0 aliphatic heterocycles. The van der Waals surface area contributed by atoms with Gasteiger partial charge in [0.1, 0.15) is 6.10 Å². The SMILES string of the molecule is Cc1cc(C(O)c2ccc3ccccc3c2)cc(C)c1Br. The highest BCUT2D eigenvalue weighted by atomic mass is 79.9. The Morgan fingerprint density at radius 1 is 0.810 bits per heavy atom. The summed E-state index contributed by atoms with van der Waals surface area (Å²) in [4.78, 5) is 0. The van der Waals surface area contributed by atoms with Crippen molar-refractivity contribution in [3.05, 3.63) is 81.3 Å². The molecular formula is C19H17BrO. The van der Waals surface area contributed by atoms with E-state index < -0.39 is 6.10 Å². The highest BCUT2D eigenvalue weighted by molar-refractivity contribution is 9.10. The summed E-state index contributed by atoms with van der Waals surface area (Å²) >= 11 is 3.57. The second-order valence-corrected chi connectivity index (χ2v) is 6.27. The van der Waals surface area contributed by atoms with Gasteiger partial charge in [-0.15, -0.1) is 0 Å². The van der Waals surface area contributed by atoms with E-state index in [-0.39, 0.29) is 0 Å². The molecule has 0 aromatic heterocycles. The van der Waals surface area contributed by atoms with Crippen LogP contribution in [0.1, 0.15) is 28.4 Å². The maximum Gasteiger partial charge on any atom is 0.104 e. The molecule has 0 amide bonds. The third kappa shape index (κ3) is 2.74. The third-order valence-corrected chi connectivity index (χ3v) is 5.11. The van der Waals surface area contributed by atoms with Crippen molar-refractivity contribution >= 4 is 26.7 Å². The van der Waals surface area contributed by atoms with E-state index in [0.717, 1.165) is 32.1 Å². The van der Waals surface area contributed by atoms with Crippen LogP contribution in [0.4, 0.5) is 0 Å². The molecular weight excluding hydrogens is 324 g/mol. The first kappa shape index (κ1) is 14.3. The highest BCUT2D eigenvalue weighted by Crippen LogP contribution is 2.30. The van der Waals surface area contributed by atoms with E-state index in [2.05, 4.69) is 40.2 Å². The molecule has 1 atom stereocenters. The second kappa shape index (κ2) is 5.63. The summed E-state index contributed by atoms with van der Waals surface area (Å²) in [5.74, 6) is 0. The van der Waals surface area contributed by atoms with Gasteiger partial charge in [-0.05, 0) is 52.9 Å². The topological polar surface area (TPSA) is 20.2 Å². The molecule has 3 aromatic rings. The van der Waals surface area contributed by atoms with E-state index in [4.69, 9.17) is 0 Å². The molecule has 21 heavy (non-hydrogen) atoms. The normalized spacial score (nSPS) is 12.6. The minimum Gasteiger partial charge on any atom is -0.384 e. The lowest BCUT2D eigenvalue weighted by Crippen LogP contribution is -2.01. The average molecular weight is 341 g/mol. The molecule has 3 aromatic carbocycles. The molecule has 0 aliphatic rings. The molecule has 0 saturated carbocycles. The van der Waals surface area contributed by atoms with Gasteiger partial charge >= 0.3 is 0 Å². The van der Waals surface area contributed by atoms with Gasteiger partial charge in [0.25, 0.3) is 0 Å². The zero-order chi connectivity index (χ0) is 15.0. The van der Waals surface area contributed by atoms with E-state index in [1.807, 2.05) is 44.2 Å². The fraction of sp³-hybridized carbons (Fsp3) is 0.158. The van der Waals surface area contributed by atoms with Crippen LogP contribution in [-0.2, 0) is 0 Å². The van der Waals surface area contributed by atoms with Gasteiger partial charge in [-0.1, -0.05) is 64.5 Å². The quantitative estimate of drug-likeness (QED) is 0.670. The molecule has 106 valence electrons. The molecule has 2 heteroatoms. The van der Waals surface area contributed by atoms with E-state index >= 15 is 0 Å². The Morgan fingerprint density at radius 2 is 1.43 bits per heavy atom. The number of aryl methyl sites for hydroxylation is 2. The van der Waals surface area contributed by atoms with Gasteiger partial charge in [-0.3, -0.25) is 0 Å². The molecule has 1 unspecified atom stereocenters. The number of hydrogen-bond acceptors (Lipinski definition) is 1. The zero-order valence-corrected chi connectivity index (χ0v) is 13.7. The smallest absolute Gasteiger partial charge is 0.104 e. The first-order valence-electron chi connectivity index (χ1n) is 6.99. The average Bonchev–Trinajstić information content (AvgIpc) is 2.51. The van der Waals surface area contributed by atoms with Crippen molar-refractivity contribution in [2.24, 2.45) is 0 Å². The molecule has 0 spiro atoms. The van der Waals surface area contributed by atoms with Gasteiger partial charge in [0, 0.05) is 4.47 Å². The molecule has 0 aliphatic carbocycles. The van der Waals surface area contributed by atoms with Crippen molar-refractivity contribution in [1.29, 1.82) is 0 Å². The Balaban J connectivity index is 2.05. The first-order chi connectivity index (χ1) is 10.1. The van der Waals surface area contributed by atoms with Crippen molar-refractivity contribution in [2.45, 2.75) is 20.0 Å². The maximum atomic E-state index is 10.7. The van der Waals surface area contributed by atoms with Gasteiger partial charge in [0.2, 0.25) is 0 Å². The van der Waals surface area contributed by atoms with Crippen LogP contribution >= 0.6 is 15.9 Å². The van der Waals surface area contributed by atoms with Crippen molar-refractivity contribution in [2.75, 3.05) is 0 Å². The first-order valence-corrected chi connectivity index (χ1v) is 7.79. The van der Waals surface area contributed by atoms with Gasteiger partial charge in [-0.25, -0.2) is 0 Å². The van der Waals surface area contributed by atoms with Crippen LogP contribution in [0.15, 0.2) is 59.1 Å². The standard InChI is InChI=1S/C19H17BrO/c1-12-9-17(10-13(2)18(12)20)19(21)16-8-7-14-5-3-4-6-15(14)11-16/h3-11,19,21H,1-2H3. The summed E-state index contributed by atoms with van der Waals surface area (Å²) in [6.07, 6.45) is -0.597. The fourth-order valence-electron chi connectivity index (χ4n) is 2.71. The number of fused-ring (bicyclic) bond motifs is 1. The van der Waals surface area contributed by atoms with E-state index in [1.54, 1.807) is 0 Å². The number of benzene rings is 3. The van der Waals surface area contributed by atoms with E-state index in [0.29, 0.717) is 0 Å². The van der Waals surface area contributed by atoms with E-state index in [1.165, 1.54) is 5.39 Å². The molecule has 1 N–H and O–H groups in total. The van der Waals surface area contributed by atoms with E-state index in [9.17, 15) is 5.11 Å². The van der Waals surface area contributed by atoms with Crippen LogP contribution in [0.5, 0.6) is 0 Å². The summed E-state index contributed by atoms with van der Waals surface area (Å²) in [5, 5.41) is 13.0. The van der Waals surface area contributed by atoms with Crippen LogP contribution < -0.4 is 0 Å². The molecule has 0 bridgehead atoms. The highest BCUT2D eigenvalue weighted by Gasteiger charge is 2.13. The van der Waals surface area contributed by atoms with Crippen LogP contribution in [-0.4, -0.2) is 5.11 Å². The Hall–Kier alpha value is -1.64. The molecule has 0 radical (unpaired) electrons. The van der Waals surface area contributed by atoms with Crippen LogP contribution in [0, 0.1) is 13.8 Å². The lowest BCUT2D eigenvalue weighted by atomic mass is 9.96. The number of hydrogen-bond donors (Lipinski definition) is 1. The third-order valence-electron chi connectivity index (χ3n) is 3.86. The Labute approximate surface area is 133 Å². The summed E-state index contributed by atoms with van der Waals surface area (Å²) in [6, 6.07) is 18.4. The number of halogens is 1. The number of aliphatic hydroxyl groups excluding tert-OH is 1. The second-order valence-electron chi connectivity index (χ2n) is 5.48. The van der Waals surface area contributed by atoms with Crippen molar-refractivity contribution in [3.8, 4) is 0 Å². The lowest BCUT2D eigenvalue weighted by molar-refractivity contribution is 0.220. The zero-order valence-electron chi connectivity index (χ0n) is 12.1. The maximum absolute atomic E-state index is 10.7. The minimum absolute atomic E-state index is 0.597. The molecule has 3 rings (SSSR count). The Bertz CT molecular complexity index is 785. The number of rotatable bonds is 2. The van der Waals surface area contributed by atoms with Gasteiger partial charge < -0.3 is 5.11 Å². The van der Waals surface area contributed by atoms with Crippen molar-refractivity contribution in [3.63, 3.8) is 0 Å². The molecule has 0 heterocycles. The lowest BCUT2D eigenvalue weighted by Gasteiger charge is -2.15. The molecule has 0 saturated heterocycles. The number of aliphatic hydroxyl groups is 1. The van der Waals surface area contributed by atoms with Crippen molar-refractivity contribution in [1.82, 2.24) is 0 Å². The summed E-state index contributed by atoms with van der Waals surface area (Å²) in [7, 11) is 0. The molecule has 0 fully saturated rings. The van der Waals surface area contributed by atoms with Crippen LogP contribution in [0.2, 0.25) is 0 Å². The van der Waals surface area contributed by atoms with Gasteiger partial charge in [0.05, 0.1) is 0 Å².